The third kappa shape index (κ3) is 17.7. The molecule has 0 heterocycles. The maximum absolute atomic E-state index is 0. The Bertz CT molecular complexity index is 20.5. The first-order valence-electron chi connectivity index (χ1n) is 0. The van der Waals surface area contributed by atoms with Crippen LogP contribution in [-0.2, 0) is 46.8 Å². The Balaban J connectivity index is 0. The fraction of sp³-hybridized carbons (Fsp3) is 0. The maximum atomic E-state index is 0. The molecule has 0 spiro atoms. The van der Waals surface area contributed by atoms with Crippen molar-refractivity contribution in [1.82, 2.24) is 0 Å². The van der Waals surface area contributed by atoms with Crippen molar-refractivity contribution in [3.8, 4) is 0 Å². The molecule has 0 aliphatic heterocycles. The van der Waals surface area contributed by atoms with Gasteiger partial charge in [0.2, 0.25) is 0 Å². The molecule has 0 bridgehead atoms. The molecule has 0 fully saturated rings. The van der Waals surface area contributed by atoms with Crippen LogP contribution < -0.4 is 0 Å². The van der Waals surface area contributed by atoms with E-state index in [1.165, 1.54) is 0 Å². The monoisotopic (exact) mass is 618 g/mol. The molecule has 0 amide bonds. The van der Waals surface area contributed by atoms with Crippen molar-refractivity contribution < 1.29 is 52.5 Å². The van der Waals surface area contributed by atoms with Gasteiger partial charge in [-0.2, -0.15) is 0 Å². The van der Waals surface area contributed by atoms with Gasteiger partial charge in [-0.3, -0.25) is 0 Å². The van der Waals surface area contributed by atoms with Crippen molar-refractivity contribution in [2.24, 2.45) is 0 Å². The first kappa shape index (κ1) is 31.3. The van der Waals surface area contributed by atoms with Crippen molar-refractivity contribution >= 4 is 122 Å². The zero-order chi connectivity index (χ0) is 0. The molecule has 0 aromatic heterocycles. The molecule has 0 rings (SSSR count). The van der Waals surface area contributed by atoms with Gasteiger partial charge in [-0.15, -0.1) is 0 Å². The summed E-state index contributed by atoms with van der Waals surface area (Å²) in [7, 11) is 0. The molecule has 0 saturated heterocycles. The SMILES string of the molecule is [Ba+2].[Cd].[H-].[H-].[H-].[H-].[PbH2].[Sr+2].[Zn]. The summed E-state index contributed by atoms with van der Waals surface area (Å²) in [5, 5.41) is 0. The van der Waals surface area contributed by atoms with Crippen LogP contribution in [0.2, 0.25) is 0 Å². The van der Waals surface area contributed by atoms with E-state index >= 15 is 0 Å². The standard InChI is InChI=1S/Ba.Cd.Pb.Sr.Zn.6H/q+2;;;+2;;;;4*-1. The molecular formula is H6BaCdPbSrZn. The van der Waals surface area contributed by atoms with Crippen molar-refractivity contribution in [2.45, 2.75) is 0 Å². The van der Waals surface area contributed by atoms with E-state index in [1.54, 1.807) is 0 Å². The average molecular weight is 616 g/mol. The van der Waals surface area contributed by atoms with E-state index in [-0.39, 0.29) is 174 Å². The second-order valence-corrected chi connectivity index (χ2v) is 0. The molecule has 0 aromatic carbocycles. The molecule has 0 aliphatic rings. The van der Waals surface area contributed by atoms with E-state index in [4.69, 9.17) is 0 Å². The van der Waals surface area contributed by atoms with Crippen molar-refractivity contribution in [1.29, 1.82) is 0 Å². The third-order valence-corrected chi connectivity index (χ3v) is 0. The Hall–Kier alpha value is 5.52. The summed E-state index contributed by atoms with van der Waals surface area (Å²) in [5.41, 5.74) is 0. The Morgan fingerprint density at radius 1 is 1.20 bits per heavy atom. The smallest absolute Gasteiger partial charge is 0 e. The van der Waals surface area contributed by atoms with Crippen LogP contribution in [0.25, 0.3) is 0 Å². The van der Waals surface area contributed by atoms with Crippen molar-refractivity contribution in [3.63, 3.8) is 0 Å². The number of hydrogen-bond acceptors (Lipinski definition) is 0. The van der Waals surface area contributed by atoms with E-state index in [2.05, 4.69) is 0 Å². The fourth-order valence-electron chi connectivity index (χ4n) is 0. The third-order valence-electron chi connectivity index (χ3n) is 0. The summed E-state index contributed by atoms with van der Waals surface area (Å²) < 4.78 is 0. The number of hydrogen-bond donors (Lipinski definition) is 0. The van der Waals surface area contributed by atoms with Crippen LogP contribution in [0.3, 0.4) is 0 Å². The normalized spacial score (nSPS) is 0. The molecule has 0 unspecified atom stereocenters. The summed E-state index contributed by atoms with van der Waals surface area (Å²) in [6.45, 7) is 0. The van der Waals surface area contributed by atoms with Crippen LogP contribution in [0.5, 0.6) is 0 Å². The Labute approximate surface area is 169 Å². The van der Waals surface area contributed by atoms with E-state index < -0.39 is 0 Å². The van der Waals surface area contributed by atoms with Crippen LogP contribution in [0.1, 0.15) is 5.71 Å². The molecule has 0 nitrogen and oxygen atoms in total. The first-order chi connectivity index (χ1) is 0. The van der Waals surface area contributed by atoms with E-state index in [0.717, 1.165) is 0 Å². The van der Waals surface area contributed by atoms with Crippen molar-refractivity contribution in [3.05, 3.63) is 0 Å². The van der Waals surface area contributed by atoms with Gasteiger partial charge >= 0.3 is 122 Å². The Morgan fingerprint density at radius 2 is 1.20 bits per heavy atom. The van der Waals surface area contributed by atoms with Gasteiger partial charge in [-0.25, -0.2) is 0 Å². The molecule has 0 N–H and O–H groups in total. The molecule has 0 aromatic rings. The van der Waals surface area contributed by atoms with Gasteiger partial charge in [0.05, 0.1) is 0 Å². The minimum Gasteiger partial charge on any atom is 0 e. The fourth-order valence-corrected chi connectivity index (χ4v) is 0. The van der Waals surface area contributed by atoms with Crippen LogP contribution >= 0.6 is 0 Å². The summed E-state index contributed by atoms with van der Waals surface area (Å²) in [5.74, 6) is 0. The van der Waals surface area contributed by atoms with Gasteiger partial charge in [-0.05, 0) is 0 Å². The van der Waals surface area contributed by atoms with Gasteiger partial charge in [-0.1, -0.05) is 0 Å². The average Bonchev–Trinajstić information content (AvgIpc) is 0. The van der Waals surface area contributed by atoms with Crippen LogP contribution in [0, 0.1) is 0 Å². The summed E-state index contributed by atoms with van der Waals surface area (Å²) >= 11 is 0. The van der Waals surface area contributed by atoms with Gasteiger partial charge in [0, 0.05) is 46.8 Å². The predicted octanol–water partition coefficient (Wildman–Crippen LogP) is -1.23. The largest absolute Gasteiger partial charge is 2.00 e. The molecule has 0 aliphatic carbocycles. The molecule has 0 saturated carbocycles. The summed E-state index contributed by atoms with van der Waals surface area (Å²) in [6.07, 6.45) is 0. The van der Waals surface area contributed by atoms with Crippen LogP contribution in [0.15, 0.2) is 0 Å². The van der Waals surface area contributed by atoms with Crippen LogP contribution in [0.4, 0.5) is 0 Å². The molecule has 5 heavy (non-hydrogen) atoms. The first-order valence-corrected chi connectivity index (χ1v) is 0. The molecule has 18 valence electrons. The van der Waals surface area contributed by atoms with E-state index in [9.17, 15) is 0 Å². The van der Waals surface area contributed by atoms with Gasteiger partial charge in [0.1, 0.15) is 0 Å². The maximum Gasteiger partial charge on any atom is 2.00 e. The molecule has 0 atom stereocenters. The second-order valence-electron chi connectivity index (χ2n) is 0. The van der Waals surface area contributed by atoms with Crippen LogP contribution in [-0.4, -0.2) is 122 Å². The molecular weight excluding hydrogens is 610 g/mol. The minimum absolute atomic E-state index is 0. The van der Waals surface area contributed by atoms with E-state index in [0.29, 0.717) is 0 Å². The molecule has 2 radical (unpaired) electrons. The number of rotatable bonds is 0. The minimum atomic E-state index is 0. The van der Waals surface area contributed by atoms with Crippen molar-refractivity contribution in [2.75, 3.05) is 0 Å². The Morgan fingerprint density at radius 3 is 1.20 bits per heavy atom. The zero-order valence-electron chi connectivity index (χ0n) is 7.54. The van der Waals surface area contributed by atoms with E-state index in [1.807, 2.05) is 0 Å². The zero-order valence-corrected chi connectivity index (χ0v) is 24.0. The quantitative estimate of drug-likeness (QED) is 0.300. The van der Waals surface area contributed by atoms with Gasteiger partial charge in [0.25, 0.3) is 0 Å². The Kier molecular flexibility index (Phi) is 142. The predicted molar refractivity (Wildman–Crippen MR) is 24.5 cm³/mol. The second kappa shape index (κ2) is 22.7. The van der Waals surface area contributed by atoms with Gasteiger partial charge in [0.15, 0.2) is 0 Å². The summed E-state index contributed by atoms with van der Waals surface area (Å²) in [4.78, 5) is 0. The summed E-state index contributed by atoms with van der Waals surface area (Å²) in [6, 6.07) is 0. The van der Waals surface area contributed by atoms with Gasteiger partial charge < -0.3 is 5.71 Å². The topological polar surface area (TPSA) is 0 Å². The molecule has 5 heteroatoms.